The van der Waals surface area contributed by atoms with Crippen molar-refractivity contribution in [2.45, 2.75) is 332 Å². The standard InChI is InChI=1S/2C9H19NO2.4C8H17NO2.C8H19NO.2C7H15NO2.2C7H17NO.C6H15NO/c1-6-9(2,3)8(11)12-7-10(4)5;1-6-9(2,3)12-8(11)7-10(4)5;1-6-8(2,3)11-7(10)9(4)5;1-6-8(2,3)7(10)11-9(4)5;1-5-7(2)8(10)11-6-9(3)4;1-5-7(2)11-8(10)6-9(3)4;1-6-8(2,3)10-7-9(4)5;1-5-6(2)10-7(9)8(3)4;1-5-6(2)7(9)10-8(3)4;1-6-7(2,3)9-8(4)5;1-5-7(2)9-6-8(3)4;1-5-6(2)8-7(3)4/h2*6-7H2,1-5H3;2*6H2,1-5H3;2*7H,5-6H2,1-4H3;6-7H2,1-5H3;2*6H,5H2,1-4H3;6H2,1-5H3;7H,5-6H2,1-4H3;6H,5H2,1-4H3. The monoisotopic (exact) mass is 1800 g/mol. The molecule has 0 N–H and O–H groups in total. The summed E-state index contributed by atoms with van der Waals surface area (Å²) in [4.78, 5) is 123. The van der Waals surface area contributed by atoms with Gasteiger partial charge in [-0.1, -0.05) is 96.9 Å². The van der Waals surface area contributed by atoms with E-state index in [0.717, 1.165) is 83.8 Å². The minimum absolute atomic E-state index is 0.00222. The lowest BCUT2D eigenvalue weighted by Crippen LogP contribution is -2.33. The molecule has 6 atom stereocenters. The summed E-state index contributed by atoms with van der Waals surface area (Å²) < 4.78 is 41.3. The molecule has 32 heteroatoms. The predicted molar refractivity (Wildman–Crippen MR) is 511 cm³/mol. The van der Waals surface area contributed by atoms with Crippen LogP contribution in [-0.2, 0) is 86.0 Å². The third-order valence-corrected chi connectivity index (χ3v) is 17.2. The van der Waals surface area contributed by atoms with Crippen LogP contribution in [0.4, 0.5) is 9.59 Å². The molecule has 0 aliphatic carbocycles. The summed E-state index contributed by atoms with van der Waals surface area (Å²) in [7, 11) is 43.9. The number of hydrogen-bond acceptors (Lipinski definition) is 30. The molecular weight excluding hydrogens is 1590 g/mol. The van der Waals surface area contributed by atoms with Gasteiger partial charge in [0.25, 0.3) is 0 Å². The smallest absolute Gasteiger partial charge is 0.409 e. The lowest BCUT2D eigenvalue weighted by atomic mass is 9.91. The van der Waals surface area contributed by atoms with E-state index in [1.165, 1.54) is 19.9 Å². The molecule has 0 rings (SSSR count). The average Bonchev–Trinajstić information content (AvgIpc) is 0.895. The first-order valence-corrected chi connectivity index (χ1v) is 44.3. The fourth-order valence-corrected chi connectivity index (χ4v) is 5.73. The van der Waals surface area contributed by atoms with Crippen LogP contribution in [0.15, 0.2) is 0 Å². The summed E-state index contributed by atoms with van der Waals surface area (Å²) in [5.74, 6) is -0.856. The van der Waals surface area contributed by atoms with Crippen LogP contribution in [0.3, 0.4) is 0 Å². The largest absolute Gasteiger partial charge is 0.462 e. The first kappa shape index (κ1) is 145. The van der Waals surface area contributed by atoms with Gasteiger partial charge < -0.3 is 57.4 Å². The van der Waals surface area contributed by atoms with Crippen molar-refractivity contribution in [1.82, 2.24) is 59.5 Å². The summed E-state index contributed by atoms with van der Waals surface area (Å²) in [6.45, 7) is 62.4. The Labute approximate surface area is 763 Å². The molecule has 0 fully saturated rings. The summed E-state index contributed by atoms with van der Waals surface area (Å²) in [6.07, 6.45) is 11.2. The van der Waals surface area contributed by atoms with Gasteiger partial charge in [0.15, 0.2) is 0 Å². The van der Waals surface area contributed by atoms with Crippen LogP contribution in [0.2, 0.25) is 0 Å². The number of carbonyl (C=O) groups is 8. The highest BCUT2D eigenvalue weighted by Crippen LogP contribution is 2.23. The Kier molecular flexibility index (Phi) is 97.2. The molecule has 0 aromatic heterocycles. The van der Waals surface area contributed by atoms with E-state index in [1.54, 1.807) is 76.3 Å². The highest BCUT2D eigenvalue weighted by molar-refractivity contribution is 5.76. The average molecular weight is 1800 g/mol. The molecule has 32 nitrogen and oxygen atoms in total. The van der Waals surface area contributed by atoms with E-state index in [0.29, 0.717) is 45.5 Å². The number of esters is 4. The molecule has 752 valence electrons. The molecule has 0 aliphatic rings. The summed E-state index contributed by atoms with van der Waals surface area (Å²) in [6, 6.07) is 0. The molecule has 6 unspecified atom stereocenters. The van der Waals surface area contributed by atoms with Crippen molar-refractivity contribution in [3.05, 3.63) is 0 Å². The third kappa shape index (κ3) is 115. The molecular formula is C92H204N12O20. The number of ether oxygens (including phenoxy) is 8. The zero-order valence-electron chi connectivity index (χ0n) is 90.7. The van der Waals surface area contributed by atoms with Gasteiger partial charge in [-0.2, -0.15) is 10.1 Å². The van der Waals surface area contributed by atoms with Crippen LogP contribution in [0.1, 0.15) is 285 Å². The molecule has 0 aliphatic heterocycles. The van der Waals surface area contributed by atoms with Gasteiger partial charge in [-0.15, -0.1) is 10.1 Å². The molecule has 124 heavy (non-hydrogen) atoms. The van der Waals surface area contributed by atoms with Crippen molar-refractivity contribution in [2.75, 3.05) is 209 Å². The SMILES string of the molecule is CCC(C)(C)C(=O)OCN(C)C.CCC(C)(C)C(=O)ON(C)C.CCC(C)(C)OC(=O)CN(C)C.CCC(C)(C)OC(=O)N(C)C.CCC(C)(C)OCN(C)C.CCC(C)(C)ON(C)C.CCC(C)C(=O)OCN(C)C.CCC(C)C(=O)ON(C)C.CCC(C)OC(=O)CN(C)C.CCC(C)OC(=O)N(C)C.CCC(C)OCN(C)C.CCC(C)ON(C)C. The minimum Gasteiger partial charge on any atom is -0.462 e. The van der Waals surface area contributed by atoms with Crippen molar-refractivity contribution in [2.24, 2.45) is 22.7 Å². The number of carbonyl (C=O) groups excluding carboxylic acids is 8. The van der Waals surface area contributed by atoms with Crippen molar-refractivity contribution in [1.29, 1.82) is 0 Å². The Bertz CT molecular complexity index is 2540. The molecule has 0 saturated carbocycles. The second kappa shape index (κ2) is 83.4. The van der Waals surface area contributed by atoms with Gasteiger partial charge in [-0.25, -0.2) is 14.4 Å². The summed E-state index contributed by atoms with van der Waals surface area (Å²) in [5.41, 5.74) is -1.37. The lowest BCUT2D eigenvalue weighted by Gasteiger charge is -2.26. The summed E-state index contributed by atoms with van der Waals surface area (Å²) >= 11 is 0. The number of rotatable bonds is 40. The van der Waals surface area contributed by atoms with Crippen LogP contribution >= 0.6 is 0 Å². The molecule has 0 heterocycles. The van der Waals surface area contributed by atoms with Crippen molar-refractivity contribution < 1.29 is 95.6 Å². The van der Waals surface area contributed by atoms with Crippen molar-refractivity contribution in [3.63, 3.8) is 0 Å². The van der Waals surface area contributed by atoms with Crippen LogP contribution in [-0.4, -0.2) is 363 Å². The number of likely N-dealkylation sites (N-methyl/N-ethyl adjacent to an activating group) is 2. The second-order valence-corrected chi connectivity index (χ2v) is 36.7. The van der Waals surface area contributed by atoms with E-state index in [1.807, 2.05) is 271 Å². The van der Waals surface area contributed by atoms with E-state index in [4.69, 9.17) is 57.2 Å². The van der Waals surface area contributed by atoms with Crippen molar-refractivity contribution >= 4 is 48.0 Å². The van der Waals surface area contributed by atoms with Gasteiger partial charge in [0.05, 0.1) is 78.7 Å². The predicted octanol–water partition coefficient (Wildman–Crippen LogP) is 16.6. The number of nitrogens with zero attached hydrogens (tertiary/aromatic N) is 12. The maximum absolute atomic E-state index is 11.4. The third-order valence-electron chi connectivity index (χ3n) is 17.2. The Morgan fingerprint density at radius 3 is 0.919 bits per heavy atom. The molecule has 0 saturated heterocycles. The number of hydrogen-bond donors (Lipinski definition) is 0. The fraction of sp³-hybridized carbons (Fsp3) is 0.913. The minimum atomic E-state index is -0.371. The Balaban J connectivity index is -0.000000111. The fourth-order valence-electron chi connectivity index (χ4n) is 5.73. The van der Waals surface area contributed by atoms with Crippen molar-refractivity contribution in [3.8, 4) is 0 Å². The Morgan fingerprint density at radius 2 is 0.629 bits per heavy atom. The molecule has 0 spiro atoms. The normalized spacial score (nSPS) is 12.6. The van der Waals surface area contributed by atoms with E-state index < -0.39 is 0 Å². The van der Waals surface area contributed by atoms with Gasteiger partial charge in [0.1, 0.15) is 30.8 Å². The lowest BCUT2D eigenvalue weighted by molar-refractivity contribution is -0.207. The zero-order chi connectivity index (χ0) is 101. The molecule has 2 amide bonds. The second-order valence-electron chi connectivity index (χ2n) is 36.7. The van der Waals surface area contributed by atoms with Crippen LogP contribution in [0.5, 0.6) is 0 Å². The van der Waals surface area contributed by atoms with E-state index >= 15 is 0 Å². The zero-order valence-corrected chi connectivity index (χ0v) is 90.7. The Hall–Kier alpha value is -5.20. The summed E-state index contributed by atoms with van der Waals surface area (Å²) in [5, 5.41) is 6.30. The van der Waals surface area contributed by atoms with Gasteiger partial charge in [-0.3, -0.25) is 63.0 Å². The van der Waals surface area contributed by atoms with Crippen LogP contribution in [0, 0.1) is 22.7 Å². The first-order chi connectivity index (χ1) is 56.1. The van der Waals surface area contributed by atoms with E-state index in [-0.39, 0.29) is 105 Å². The van der Waals surface area contributed by atoms with Gasteiger partial charge in [0.2, 0.25) is 0 Å². The van der Waals surface area contributed by atoms with E-state index in [2.05, 4.69) is 69.2 Å². The molecule has 0 radical (unpaired) electrons. The van der Waals surface area contributed by atoms with Gasteiger partial charge in [-0.05, 0) is 272 Å². The molecule has 0 bridgehead atoms. The highest BCUT2D eigenvalue weighted by atomic mass is 16.7. The maximum Gasteiger partial charge on any atom is 0.409 e. The Morgan fingerprint density at radius 1 is 0.290 bits per heavy atom. The van der Waals surface area contributed by atoms with Crippen LogP contribution < -0.4 is 0 Å². The molecule has 0 aromatic carbocycles. The molecule has 0 aromatic rings. The van der Waals surface area contributed by atoms with E-state index in [9.17, 15) is 38.4 Å². The van der Waals surface area contributed by atoms with Gasteiger partial charge in [0, 0.05) is 84.6 Å². The van der Waals surface area contributed by atoms with Gasteiger partial charge >= 0.3 is 48.0 Å². The maximum atomic E-state index is 11.4. The van der Waals surface area contributed by atoms with Crippen LogP contribution in [0.25, 0.3) is 0 Å². The first-order valence-electron chi connectivity index (χ1n) is 44.3. The quantitative estimate of drug-likeness (QED) is 0.0238. The topological polar surface area (TPSA) is 286 Å². The number of amides is 2. The highest BCUT2D eigenvalue weighted by Gasteiger charge is 2.29. The number of hydroxylamine groups is 8.